The zero-order chi connectivity index (χ0) is 25.2. The third-order valence-corrected chi connectivity index (χ3v) is 7.76. The first-order valence-corrected chi connectivity index (χ1v) is 12.7. The number of nitrogens with one attached hydrogen (secondary N) is 1. The van der Waals surface area contributed by atoms with Crippen molar-refractivity contribution in [2.45, 2.75) is 71.1 Å². The van der Waals surface area contributed by atoms with Crippen molar-refractivity contribution in [2.75, 3.05) is 11.1 Å². The van der Waals surface area contributed by atoms with Crippen molar-refractivity contribution >= 4 is 27.8 Å². The van der Waals surface area contributed by atoms with Crippen molar-refractivity contribution in [2.24, 2.45) is 0 Å². The number of nitrogens with two attached hydrogens (primary N) is 1. The molecule has 3 N–H and O–H groups in total. The second kappa shape index (κ2) is 7.88. The Bertz CT molecular complexity index is 1420. The number of hydrogen-bond donors (Lipinski definition) is 2. The number of rotatable bonds is 3. The van der Waals surface area contributed by atoms with Gasteiger partial charge in [0.15, 0.2) is 0 Å². The van der Waals surface area contributed by atoms with Gasteiger partial charge in [-0.3, -0.25) is 0 Å². The van der Waals surface area contributed by atoms with Gasteiger partial charge in [0.25, 0.3) is 0 Å². The molecule has 0 atom stereocenters. The fourth-order valence-electron chi connectivity index (χ4n) is 6.15. The second-order valence-electron chi connectivity index (χ2n) is 12.6. The van der Waals surface area contributed by atoms with E-state index in [1.807, 2.05) is 0 Å². The molecule has 0 amide bonds. The Hall–Kier alpha value is -3.26. The van der Waals surface area contributed by atoms with E-state index in [2.05, 4.69) is 127 Å². The van der Waals surface area contributed by atoms with Gasteiger partial charge in [0.1, 0.15) is 0 Å². The third kappa shape index (κ3) is 3.99. The minimum absolute atomic E-state index is 0.0618. The van der Waals surface area contributed by atoms with Crippen molar-refractivity contribution in [3.05, 3.63) is 89.5 Å². The molecule has 0 fully saturated rings. The van der Waals surface area contributed by atoms with E-state index in [0.717, 1.165) is 23.5 Å². The van der Waals surface area contributed by atoms with Gasteiger partial charge in [-0.05, 0) is 68.5 Å². The molecule has 2 heteroatoms. The summed E-state index contributed by atoms with van der Waals surface area (Å²) in [5.74, 6) is 0. The van der Waals surface area contributed by atoms with Gasteiger partial charge in [0, 0.05) is 16.6 Å². The van der Waals surface area contributed by atoms with Crippen LogP contribution in [-0.4, -0.2) is 0 Å². The fourth-order valence-corrected chi connectivity index (χ4v) is 6.15. The van der Waals surface area contributed by atoms with Crippen molar-refractivity contribution in [3.63, 3.8) is 0 Å². The number of hydrogen-bond acceptors (Lipinski definition) is 2. The maximum atomic E-state index is 6.80. The van der Waals surface area contributed by atoms with Crippen LogP contribution in [0.5, 0.6) is 0 Å². The Labute approximate surface area is 210 Å². The first-order valence-electron chi connectivity index (χ1n) is 12.7. The van der Waals surface area contributed by atoms with E-state index in [1.54, 1.807) is 0 Å². The maximum Gasteiger partial charge on any atom is 0.0698 e. The van der Waals surface area contributed by atoms with Gasteiger partial charge in [-0.2, -0.15) is 0 Å². The van der Waals surface area contributed by atoms with E-state index in [-0.39, 0.29) is 16.2 Å². The molecule has 5 rings (SSSR count). The molecular weight excluding hydrogens is 424 g/mol. The van der Waals surface area contributed by atoms with Crippen LogP contribution >= 0.6 is 0 Å². The highest BCUT2D eigenvalue weighted by atomic mass is 14.9. The van der Waals surface area contributed by atoms with E-state index in [9.17, 15) is 0 Å². The van der Waals surface area contributed by atoms with Crippen LogP contribution < -0.4 is 11.1 Å². The lowest BCUT2D eigenvalue weighted by molar-refractivity contribution is 0.341. The Morgan fingerprint density at radius 2 is 1.46 bits per heavy atom. The molecule has 1 aliphatic rings. The highest BCUT2D eigenvalue weighted by Crippen LogP contribution is 2.52. The van der Waals surface area contributed by atoms with E-state index >= 15 is 0 Å². The standard InChI is InChI=1S/C33H38N2/c1-31(2,3)22-16-17-28(24(18-22)21-12-9-8-10-13-21)35-30-23-14-11-15-25-29(23)26(19-27(30)34)33(6,7)20-32(25,4)5/h8-19,35H,20,34H2,1-7H3. The summed E-state index contributed by atoms with van der Waals surface area (Å²) in [6, 6.07) is 26.3. The molecule has 35 heavy (non-hydrogen) atoms. The molecule has 0 aromatic heterocycles. The smallest absolute Gasteiger partial charge is 0.0698 e. The van der Waals surface area contributed by atoms with Gasteiger partial charge in [-0.25, -0.2) is 0 Å². The highest BCUT2D eigenvalue weighted by Gasteiger charge is 2.39. The fraction of sp³-hybridized carbons (Fsp3) is 0.333. The van der Waals surface area contributed by atoms with Crippen LogP contribution in [0.1, 0.15) is 71.6 Å². The third-order valence-electron chi connectivity index (χ3n) is 7.76. The van der Waals surface area contributed by atoms with Gasteiger partial charge < -0.3 is 11.1 Å². The van der Waals surface area contributed by atoms with Gasteiger partial charge in [0.2, 0.25) is 0 Å². The molecule has 0 saturated carbocycles. The summed E-state index contributed by atoms with van der Waals surface area (Å²) >= 11 is 0. The molecule has 2 nitrogen and oxygen atoms in total. The Kier molecular flexibility index (Phi) is 5.29. The number of nitrogen functional groups attached to an aromatic ring is 1. The molecule has 0 spiro atoms. The lowest BCUT2D eigenvalue weighted by Crippen LogP contribution is -2.34. The second-order valence-corrected chi connectivity index (χ2v) is 12.6. The molecule has 0 unspecified atom stereocenters. The Balaban J connectivity index is 1.74. The average molecular weight is 463 g/mol. The molecule has 0 heterocycles. The van der Waals surface area contributed by atoms with Crippen LogP contribution in [0.2, 0.25) is 0 Å². The summed E-state index contributed by atoms with van der Waals surface area (Å²) in [6.07, 6.45) is 1.10. The van der Waals surface area contributed by atoms with E-state index in [4.69, 9.17) is 5.73 Å². The molecule has 0 bridgehead atoms. The molecule has 0 aliphatic heterocycles. The van der Waals surface area contributed by atoms with Crippen molar-refractivity contribution in [3.8, 4) is 11.1 Å². The van der Waals surface area contributed by atoms with E-state index in [1.165, 1.54) is 38.6 Å². The number of anilines is 3. The van der Waals surface area contributed by atoms with Crippen molar-refractivity contribution < 1.29 is 0 Å². The minimum atomic E-state index is 0.0618. The Morgan fingerprint density at radius 3 is 2.14 bits per heavy atom. The predicted octanol–water partition coefficient (Wildman–Crippen LogP) is 9.09. The first kappa shape index (κ1) is 23.5. The summed E-state index contributed by atoms with van der Waals surface area (Å²) in [5.41, 5.74) is 16.4. The molecule has 0 saturated heterocycles. The molecule has 0 radical (unpaired) electrons. The quantitative estimate of drug-likeness (QED) is 0.298. The van der Waals surface area contributed by atoms with Gasteiger partial charge in [-0.1, -0.05) is 103 Å². The maximum absolute atomic E-state index is 6.80. The normalized spacial score (nSPS) is 16.3. The molecule has 1 aliphatic carbocycles. The molecular formula is C33H38N2. The summed E-state index contributed by atoms with van der Waals surface area (Å²) in [7, 11) is 0. The monoisotopic (exact) mass is 462 g/mol. The lowest BCUT2D eigenvalue weighted by Gasteiger charge is -2.43. The summed E-state index contributed by atoms with van der Waals surface area (Å²) in [4.78, 5) is 0. The molecule has 4 aromatic carbocycles. The van der Waals surface area contributed by atoms with Gasteiger partial charge in [-0.15, -0.1) is 0 Å². The molecule has 4 aromatic rings. The first-order chi connectivity index (χ1) is 16.4. The highest BCUT2D eigenvalue weighted by molar-refractivity contribution is 6.06. The van der Waals surface area contributed by atoms with Crippen LogP contribution in [0.25, 0.3) is 21.9 Å². The summed E-state index contributed by atoms with van der Waals surface area (Å²) in [5, 5.41) is 6.36. The lowest BCUT2D eigenvalue weighted by atomic mass is 9.61. The Morgan fingerprint density at radius 1 is 0.771 bits per heavy atom. The van der Waals surface area contributed by atoms with Crippen molar-refractivity contribution in [1.82, 2.24) is 0 Å². The largest absolute Gasteiger partial charge is 0.397 e. The van der Waals surface area contributed by atoms with Crippen LogP contribution in [0, 0.1) is 0 Å². The summed E-state index contributed by atoms with van der Waals surface area (Å²) < 4.78 is 0. The van der Waals surface area contributed by atoms with Crippen LogP contribution in [0.3, 0.4) is 0 Å². The van der Waals surface area contributed by atoms with Crippen LogP contribution in [0.15, 0.2) is 72.8 Å². The predicted molar refractivity (Wildman–Crippen MR) is 153 cm³/mol. The van der Waals surface area contributed by atoms with E-state index < -0.39 is 0 Å². The summed E-state index contributed by atoms with van der Waals surface area (Å²) in [6.45, 7) is 16.2. The van der Waals surface area contributed by atoms with Crippen LogP contribution in [-0.2, 0) is 16.2 Å². The zero-order valence-corrected chi connectivity index (χ0v) is 22.2. The SMILES string of the molecule is CC(C)(C)c1ccc(Nc2c(N)cc3c4c(cccc24)C(C)(C)CC3(C)C)c(-c2ccccc2)c1. The van der Waals surface area contributed by atoms with Gasteiger partial charge in [0.05, 0.1) is 11.4 Å². The van der Waals surface area contributed by atoms with Crippen molar-refractivity contribution in [1.29, 1.82) is 0 Å². The minimum Gasteiger partial charge on any atom is -0.397 e. The van der Waals surface area contributed by atoms with Crippen LogP contribution in [0.4, 0.5) is 17.1 Å². The average Bonchev–Trinajstić information content (AvgIpc) is 2.78. The van der Waals surface area contributed by atoms with E-state index in [0.29, 0.717) is 0 Å². The zero-order valence-electron chi connectivity index (χ0n) is 22.2. The molecule has 180 valence electrons. The topological polar surface area (TPSA) is 38.0 Å². The number of benzene rings is 4. The van der Waals surface area contributed by atoms with Gasteiger partial charge >= 0.3 is 0 Å².